The van der Waals surface area contributed by atoms with Gasteiger partial charge >= 0.3 is 0 Å². The van der Waals surface area contributed by atoms with Crippen LogP contribution in [-0.4, -0.2) is 79.3 Å². The zero-order valence-corrected chi connectivity index (χ0v) is 16.0. The molecule has 6 heteroatoms. The molecule has 0 heterocycles. The van der Waals surface area contributed by atoms with E-state index in [0.29, 0.717) is 19.1 Å². The third-order valence-corrected chi connectivity index (χ3v) is 3.89. The third-order valence-electron chi connectivity index (χ3n) is 3.89. The molecule has 0 aliphatic carbocycles. The molecule has 0 spiro atoms. The van der Waals surface area contributed by atoms with Crippen molar-refractivity contribution in [3.05, 3.63) is 0 Å². The summed E-state index contributed by atoms with van der Waals surface area (Å²) in [5.41, 5.74) is 0. The van der Waals surface area contributed by atoms with Crippen LogP contribution in [0.3, 0.4) is 0 Å². The van der Waals surface area contributed by atoms with Gasteiger partial charge in [-0.25, -0.2) is 0 Å². The van der Waals surface area contributed by atoms with Crippen molar-refractivity contribution >= 4 is 0 Å². The van der Waals surface area contributed by atoms with Gasteiger partial charge in [-0.05, 0) is 19.3 Å². The number of hydrogen-bond donors (Lipinski definition) is 0. The average molecular weight is 336 g/mol. The van der Waals surface area contributed by atoms with Crippen LogP contribution in [0.4, 0.5) is 0 Å². The van der Waals surface area contributed by atoms with Gasteiger partial charge in [-0.1, -0.05) is 13.8 Å². The Labute approximate surface area is 141 Å². The molecule has 0 aliphatic heterocycles. The van der Waals surface area contributed by atoms with Crippen LogP contribution in [0.15, 0.2) is 0 Å². The summed E-state index contributed by atoms with van der Waals surface area (Å²) in [5.74, 6) is 0.593. The van der Waals surface area contributed by atoms with E-state index >= 15 is 0 Å². The molecule has 6 nitrogen and oxygen atoms in total. The second-order valence-electron chi connectivity index (χ2n) is 6.18. The number of rotatable bonds is 14. The molecule has 0 fully saturated rings. The maximum absolute atomic E-state index is 5.92. The van der Waals surface area contributed by atoms with Crippen molar-refractivity contribution in [1.82, 2.24) is 0 Å². The lowest BCUT2D eigenvalue weighted by molar-refractivity contribution is -0.172. The molecule has 0 bridgehead atoms. The van der Waals surface area contributed by atoms with Crippen LogP contribution < -0.4 is 0 Å². The fraction of sp³-hybridized carbons (Fsp3) is 1.00. The van der Waals surface area contributed by atoms with Crippen LogP contribution in [0.2, 0.25) is 0 Å². The Kier molecular flexibility index (Phi) is 13.0. The minimum absolute atomic E-state index is 0.170. The van der Waals surface area contributed by atoms with Crippen LogP contribution in [0, 0.1) is 5.92 Å². The van der Waals surface area contributed by atoms with Gasteiger partial charge in [0.25, 0.3) is 0 Å². The van der Waals surface area contributed by atoms with Crippen LogP contribution in [0.25, 0.3) is 0 Å². The molecule has 0 saturated carbocycles. The van der Waals surface area contributed by atoms with Crippen molar-refractivity contribution in [2.45, 2.75) is 57.7 Å². The molecule has 0 rings (SSSR count). The first kappa shape index (κ1) is 22.8. The van der Waals surface area contributed by atoms with Crippen molar-refractivity contribution in [3.63, 3.8) is 0 Å². The van der Waals surface area contributed by atoms with Gasteiger partial charge in [0, 0.05) is 35.5 Å². The molecule has 5 atom stereocenters. The van der Waals surface area contributed by atoms with E-state index in [-0.39, 0.29) is 30.5 Å². The summed E-state index contributed by atoms with van der Waals surface area (Å²) in [6, 6.07) is 0. The third kappa shape index (κ3) is 8.42. The summed E-state index contributed by atoms with van der Waals surface area (Å²) in [7, 11) is 8.18. The molecule has 0 radical (unpaired) electrons. The Morgan fingerprint density at radius 1 is 0.652 bits per heavy atom. The first-order valence-electron chi connectivity index (χ1n) is 8.16. The highest BCUT2D eigenvalue weighted by Gasteiger charge is 2.36. The van der Waals surface area contributed by atoms with Crippen LogP contribution in [0.1, 0.15) is 27.2 Å². The van der Waals surface area contributed by atoms with E-state index in [0.717, 1.165) is 6.42 Å². The van der Waals surface area contributed by atoms with Crippen LogP contribution >= 0.6 is 0 Å². The summed E-state index contributed by atoms with van der Waals surface area (Å²) < 4.78 is 33.4. The molecule has 0 N–H and O–H groups in total. The van der Waals surface area contributed by atoms with Gasteiger partial charge in [0.05, 0.1) is 19.3 Å². The Morgan fingerprint density at radius 3 is 1.48 bits per heavy atom. The normalized spacial score (nSPS) is 18.7. The van der Waals surface area contributed by atoms with Crippen molar-refractivity contribution in [2.75, 3.05) is 48.8 Å². The largest absolute Gasteiger partial charge is 0.382 e. The topological polar surface area (TPSA) is 55.4 Å². The highest BCUT2D eigenvalue weighted by Crippen LogP contribution is 2.18. The molecule has 0 aliphatic rings. The molecule has 1 unspecified atom stereocenters. The van der Waals surface area contributed by atoms with Gasteiger partial charge in [-0.2, -0.15) is 0 Å². The first-order chi connectivity index (χ1) is 10.9. The molecule has 0 saturated heterocycles. The fourth-order valence-electron chi connectivity index (χ4n) is 2.74. The second kappa shape index (κ2) is 13.1. The zero-order chi connectivity index (χ0) is 17.8. The monoisotopic (exact) mass is 336 g/mol. The van der Waals surface area contributed by atoms with E-state index in [1.807, 2.05) is 0 Å². The minimum atomic E-state index is -0.323. The molecule has 0 aromatic rings. The van der Waals surface area contributed by atoms with E-state index in [4.69, 9.17) is 28.4 Å². The molecule has 23 heavy (non-hydrogen) atoms. The van der Waals surface area contributed by atoms with E-state index in [2.05, 4.69) is 20.8 Å². The minimum Gasteiger partial charge on any atom is -0.382 e. The molecule has 0 aromatic carbocycles. The Balaban J connectivity index is 4.82. The van der Waals surface area contributed by atoms with E-state index < -0.39 is 0 Å². The quantitative estimate of drug-likeness (QED) is 0.484. The van der Waals surface area contributed by atoms with Crippen molar-refractivity contribution in [1.29, 1.82) is 0 Å². The van der Waals surface area contributed by atoms with Crippen LogP contribution in [0.5, 0.6) is 0 Å². The van der Waals surface area contributed by atoms with E-state index in [1.165, 1.54) is 0 Å². The lowest BCUT2D eigenvalue weighted by Gasteiger charge is -2.35. The molecular formula is C17H36O6. The maximum Gasteiger partial charge on any atom is 0.114 e. The standard InChI is InChI=1S/C17H36O6/c1-12(2)9-13(3)23-11-15(20-6)17(22-8)16(21-7)14(19-5)10-18-4/h12-17H,9-11H2,1-8H3/t13?,14-,15+,16-,17-/m1/s1. The smallest absolute Gasteiger partial charge is 0.114 e. The van der Waals surface area contributed by atoms with Crippen molar-refractivity contribution < 1.29 is 28.4 Å². The van der Waals surface area contributed by atoms with Crippen molar-refractivity contribution in [3.8, 4) is 0 Å². The summed E-state index contributed by atoms with van der Waals surface area (Å²) in [4.78, 5) is 0. The number of ether oxygens (including phenoxy) is 6. The summed E-state index contributed by atoms with van der Waals surface area (Å²) in [5, 5.41) is 0. The number of methoxy groups -OCH3 is 5. The maximum atomic E-state index is 5.92. The van der Waals surface area contributed by atoms with Crippen LogP contribution in [-0.2, 0) is 28.4 Å². The summed E-state index contributed by atoms with van der Waals surface area (Å²) >= 11 is 0. The average Bonchev–Trinajstić information content (AvgIpc) is 2.52. The van der Waals surface area contributed by atoms with Gasteiger partial charge < -0.3 is 28.4 Å². The lowest BCUT2D eigenvalue weighted by atomic mass is 10.0. The highest BCUT2D eigenvalue weighted by molar-refractivity contribution is 4.85. The second-order valence-corrected chi connectivity index (χ2v) is 6.18. The number of hydrogen-bond acceptors (Lipinski definition) is 6. The van der Waals surface area contributed by atoms with Gasteiger partial charge in [0.15, 0.2) is 0 Å². The predicted molar refractivity (Wildman–Crippen MR) is 89.9 cm³/mol. The Morgan fingerprint density at radius 2 is 1.13 bits per heavy atom. The molecule has 0 aromatic heterocycles. The van der Waals surface area contributed by atoms with Gasteiger partial charge in [0.1, 0.15) is 24.4 Å². The lowest BCUT2D eigenvalue weighted by Crippen LogP contribution is -2.51. The summed E-state index contributed by atoms with van der Waals surface area (Å²) in [6.45, 7) is 7.29. The molecule has 0 amide bonds. The molecule has 140 valence electrons. The Bertz CT molecular complexity index is 274. The highest BCUT2D eigenvalue weighted by atomic mass is 16.6. The molecular weight excluding hydrogens is 300 g/mol. The van der Waals surface area contributed by atoms with E-state index in [9.17, 15) is 0 Å². The Hall–Kier alpha value is -0.240. The van der Waals surface area contributed by atoms with Gasteiger partial charge in [-0.15, -0.1) is 0 Å². The predicted octanol–water partition coefficient (Wildman–Crippen LogP) is 2.14. The summed E-state index contributed by atoms with van der Waals surface area (Å²) in [6.07, 6.45) is 0.0277. The first-order valence-corrected chi connectivity index (χ1v) is 8.16. The fourth-order valence-corrected chi connectivity index (χ4v) is 2.74. The SMILES string of the molecule is COC[C@@H](OC)[C@@H](OC)[C@H](OC)[C@H](COC(C)CC(C)C)OC. The van der Waals surface area contributed by atoms with E-state index in [1.54, 1.807) is 35.5 Å². The zero-order valence-electron chi connectivity index (χ0n) is 16.0. The van der Waals surface area contributed by atoms with Crippen molar-refractivity contribution in [2.24, 2.45) is 5.92 Å². The van der Waals surface area contributed by atoms with Gasteiger partial charge in [-0.3, -0.25) is 0 Å². The van der Waals surface area contributed by atoms with Gasteiger partial charge in [0.2, 0.25) is 0 Å².